The first-order chi connectivity index (χ1) is 4.36. The highest BCUT2D eigenvalue weighted by Crippen LogP contribution is 2.40. The molecule has 1 aliphatic heterocycles. The molecule has 1 N–H and O–H groups in total. The molecule has 9 heavy (non-hydrogen) atoms. The van der Waals surface area contributed by atoms with Gasteiger partial charge in [0.15, 0.2) is 0 Å². The molecule has 0 aromatic carbocycles. The molecule has 2 rings (SSSR count). The van der Waals surface area contributed by atoms with Crippen molar-refractivity contribution in [3.05, 3.63) is 0 Å². The monoisotopic (exact) mass is 124 g/mol. The van der Waals surface area contributed by atoms with E-state index in [1.54, 1.807) is 0 Å². The lowest BCUT2D eigenvalue weighted by Crippen LogP contribution is -2.15. The Morgan fingerprint density at radius 2 is 2.67 bits per heavy atom. The minimum Gasteiger partial charge on any atom is -0.273 e. The van der Waals surface area contributed by atoms with E-state index in [0.29, 0.717) is 18.3 Å². The quantitative estimate of drug-likeness (QED) is 0.490. The van der Waals surface area contributed by atoms with Gasteiger partial charge in [0.25, 0.3) is 0 Å². The number of carbonyl (C=O) groups excluding carboxylic acids is 1. The first-order valence-electron chi connectivity index (χ1n) is 3.18. The maximum atomic E-state index is 10.7. The Morgan fingerprint density at radius 1 is 1.78 bits per heavy atom. The van der Waals surface area contributed by atoms with E-state index in [4.69, 9.17) is 0 Å². The zero-order valence-corrected chi connectivity index (χ0v) is 5.00. The average molecular weight is 124 g/mol. The topological polar surface area (TPSA) is 41.5 Å². The van der Waals surface area contributed by atoms with Crippen molar-refractivity contribution in [3.8, 4) is 0 Å². The lowest BCUT2D eigenvalue weighted by atomic mass is 10.2. The van der Waals surface area contributed by atoms with Crippen molar-refractivity contribution in [1.82, 2.24) is 5.43 Å². The Kier molecular flexibility index (Phi) is 0.860. The third-order valence-electron chi connectivity index (χ3n) is 1.88. The fourth-order valence-electron chi connectivity index (χ4n) is 1.18. The number of hydrogen-bond donors (Lipinski definition) is 1. The lowest BCUT2D eigenvalue weighted by Gasteiger charge is -1.91. The SMILES string of the molecule is O=C1CC2CC2C=NN1. The van der Waals surface area contributed by atoms with Crippen molar-refractivity contribution < 1.29 is 4.79 Å². The smallest absolute Gasteiger partial charge is 0.240 e. The second-order valence-electron chi connectivity index (χ2n) is 2.68. The van der Waals surface area contributed by atoms with Crippen LogP contribution in [-0.4, -0.2) is 12.1 Å². The molecular weight excluding hydrogens is 116 g/mol. The first kappa shape index (κ1) is 4.97. The fraction of sp³-hybridized carbons (Fsp3) is 0.667. The van der Waals surface area contributed by atoms with Gasteiger partial charge in [-0.25, -0.2) is 5.43 Å². The number of nitrogens with zero attached hydrogens (tertiary/aromatic N) is 1. The molecule has 3 nitrogen and oxygen atoms in total. The molecule has 3 heteroatoms. The Bertz CT molecular complexity index is 176. The Labute approximate surface area is 53.1 Å². The van der Waals surface area contributed by atoms with Gasteiger partial charge < -0.3 is 0 Å². The Hall–Kier alpha value is -0.860. The van der Waals surface area contributed by atoms with Gasteiger partial charge in [0.05, 0.1) is 0 Å². The van der Waals surface area contributed by atoms with Crippen LogP contribution in [-0.2, 0) is 4.79 Å². The van der Waals surface area contributed by atoms with Crippen LogP contribution in [0.4, 0.5) is 0 Å². The van der Waals surface area contributed by atoms with E-state index in [9.17, 15) is 4.79 Å². The van der Waals surface area contributed by atoms with Crippen molar-refractivity contribution in [3.63, 3.8) is 0 Å². The van der Waals surface area contributed by atoms with E-state index in [-0.39, 0.29) is 5.91 Å². The molecule has 2 unspecified atom stereocenters. The highest BCUT2D eigenvalue weighted by atomic mass is 16.2. The molecule has 1 heterocycles. The van der Waals surface area contributed by atoms with Crippen LogP contribution in [0.5, 0.6) is 0 Å². The van der Waals surface area contributed by atoms with Crippen LogP contribution >= 0.6 is 0 Å². The molecule has 1 amide bonds. The van der Waals surface area contributed by atoms with Gasteiger partial charge in [-0.3, -0.25) is 4.79 Å². The molecule has 0 radical (unpaired) electrons. The molecule has 2 aliphatic rings. The van der Waals surface area contributed by atoms with Crippen LogP contribution in [0.15, 0.2) is 5.10 Å². The number of fused-ring (bicyclic) bond motifs is 1. The van der Waals surface area contributed by atoms with Gasteiger partial charge in [-0.2, -0.15) is 5.10 Å². The summed E-state index contributed by atoms with van der Waals surface area (Å²) in [6.45, 7) is 0. The summed E-state index contributed by atoms with van der Waals surface area (Å²) in [6, 6.07) is 0. The summed E-state index contributed by atoms with van der Waals surface area (Å²) in [6.07, 6.45) is 3.68. The molecule has 0 bridgehead atoms. The Balaban J connectivity index is 2.11. The normalized spacial score (nSPS) is 38.9. The van der Waals surface area contributed by atoms with Crippen LogP contribution in [0.3, 0.4) is 0 Å². The predicted molar refractivity (Wildman–Crippen MR) is 32.8 cm³/mol. The molecule has 0 aromatic heterocycles. The minimum absolute atomic E-state index is 0.0660. The van der Waals surface area contributed by atoms with Gasteiger partial charge in [0.1, 0.15) is 0 Å². The van der Waals surface area contributed by atoms with Crippen LogP contribution in [0.1, 0.15) is 12.8 Å². The highest BCUT2D eigenvalue weighted by Gasteiger charge is 2.38. The molecule has 0 spiro atoms. The molecule has 1 aliphatic carbocycles. The third kappa shape index (κ3) is 0.823. The van der Waals surface area contributed by atoms with Gasteiger partial charge in [-0.05, 0) is 18.3 Å². The van der Waals surface area contributed by atoms with Gasteiger partial charge in [-0.1, -0.05) is 0 Å². The second kappa shape index (κ2) is 1.56. The fourth-order valence-corrected chi connectivity index (χ4v) is 1.18. The average Bonchev–Trinajstić information content (AvgIpc) is 2.43. The van der Waals surface area contributed by atoms with Crippen molar-refractivity contribution in [2.75, 3.05) is 0 Å². The molecular formula is C6H8N2O. The van der Waals surface area contributed by atoms with E-state index >= 15 is 0 Å². The van der Waals surface area contributed by atoms with Crippen LogP contribution < -0.4 is 5.43 Å². The van der Waals surface area contributed by atoms with Gasteiger partial charge in [-0.15, -0.1) is 0 Å². The van der Waals surface area contributed by atoms with E-state index in [1.165, 1.54) is 0 Å². The van der Waals surface area contributed by atoms with Gasteiger partial charge >= 0.3 is 0 Å². The third-order valence-corrected chi connectivity index (χ3v) is 1.88. The molecule has 0 saturated heterocycles. The predicted octanol–water partition coefficient (Wildman–Crippen LogP) is 0.128. The maximum absolute atomic E-state index is 10.7. The van der Waals surface area contributed by atoms with Crippen molar-refractivity contribution in [2.24, 2.45) is 16.9 Å². The number of carbonyl (C=O) groups is 1. The standard InChI is InChI=1S/C6H8N2O/c9-6-2-4-1-5(4)3-7-8-6/h3-5H,1-2H2,(H,8,9). The number of amides is 1. The zero-order valence-electron chi connectivity index (χ0n) is 5.00. The summed E-state index contributed by atoms with van der Waals surface area (Å²) in [5, 5.41) is 3.75. The maximum Gasteiger partial charge on any atom is 0.240 e. The summed E-state index contributed by atoms with van der Waals surface area (Å²) >= 11 is 0. The van der Waals surface area contributed by atoms with E-state index < -0.39 is 0 Å². The second-order valence-corrected chi connectivity index (χ2v) is 2.68. The first-order valence-corrected chi connectivity index (χ1v) is 3.18. The van der Waals surface area contributed by atoms with Gasteiger partial charge in [0.2, 0.25) is 5.91 Å². The van der Waals surface area contributed by atoms with E-state index in [2.05, 4.69) is 10.5 Å². The largest absolute Gasteiger partial charge is 0.273 e. The molecule has 0 aromatic rings. The van der Waals surface area contributed by atoms with E-state index in [0.717, 1.165) is 6.42 Å². The zero-order chi connectivity index (χ0) is 6.27. The number of hydrogen-bond acceptors (Lipinski definition) is 2. The molecule has 1 saturated carbocycles. The van der Waals surface area contributed by atoms with Crippen molar-refractivity contribution >= 4 is 12.1 Å². The van der Waals surface area contributed by atoms with Crippen molar-refractivity contribution in [1.29, 1.82) is 0 Å². The summed E-state index contributed by atoms with van der Waals surface area (Å²) in [5.41, 5.74) is 2.44. The van der Waals surface area contributed by atoms with Crippen LogP contribution in [0.2, 0.25) is 0 Å². The summed E-state index contributed by atoms with van der Waals surface area (Å²) in [5.74, 6) is 1.27. The number of nitrogens with one attached hydrogen (secondary N) is 1. The molecule has 48 valence electrons. The number of rotatable bonds is 0. The highest BCUT2D eigenvalue weighted by molar-refractivity contribution is 5.81. The summed E-state index contributed by atoms with van der Waals surface area (Å²) in [7, 11) is 0. The molecule has 1 fully saturated rings. The van der Waals surface area contributed by atoms with Crippen LogP contribution in [0, 0.1) is 11.8 Å². The minimum atomic E-state index is 0.0660. The van der Waals surface area contributed by atoms with E-state index in [1.807, 2.05) is 6.21 Å². The Morgan fingerprint density at radius 3 is 3.56 bits per heavy atom. The number of hydrazone groups is 1. The molecule has 2 atom stereocenters. The summed E-state index contributed by atoms with van der Waals surface area (Å²) < 4.78 is 0. The van der Waals surface area contributed by atoms with Crippen molar-refractivity contribution in [2.45, 2.75) is 12.8 Å². The summed E-state index contributed by atoms with van der Waals surface area (Å²) in [4.78, 5) is 10.7. The lowest BCUT2D eigenvalue weighted by molar-refractivity contribution is -0.121. The van der Waals surface area contributed by atoms with Crippen LogP contribution in [0.25, 0.3) is 0 Å². The van der Waals surface area contributed by atoms with Gasteiger partial charge in [0, 0.05) is 12.6 Å².